The van der Waals surface area contributed by atoms with Crippen molar-refractivity contribution in [3.8, 4) is 0 Å². The van der Waals surface area contributed by atoms with E-state index in [1.54, 1.807) is 0 Å². The van der Waals surface area contributed by atoms with E-state index in [-0.39, 0.29) is 17.5 Å². The van der Waals surface area contributed by atoms with Crippen LogP contribution in [0.5, 0.6) is 0 Å². The number of piperazine rings is 1. The topological polar surface area (TPSA) is 108 Å². The number of hydrogen-bond donors (Lipinski definition) is 4. The lowest BCUT2D eigenvalue weighted by Gasteiger charge is -2.42. The van der Waals surface area contributed by atoms with Crippen LogP contribution in [0, 0.1) is 5.92 Å². The van der Waals surface area contributed by atoms with E-state index in [2.05, 4.69) is 16.0 Å². The lowest BCUT2D eigenvalue weighted by molar-refractivity contribution is -0.141. The highest BCUT2D eigenvalue weighted by molar-refractivity contribution is 8.00. The van der Waals surface area contributed by atoms with E-state index in [1.807, 2.05) is 11.8 Å². The second-order valence-electron chi connectivity index (χ2n) is 7.88. The largest absolute Gasteiger partial charge is 0.480 e. The fourth-order valence-electron chi connectivity index (χ4n) is 4.45. The minimum Gasteiger partial charge on any atom is -0.480 e. The van der Waals surface area contributed by atoms with E-state index >= 15 is 0 Å². The van der Waals surface area contributed by atoms with Gasteiger partial charge in [-0.05, 0) is 50.2 Å². The van der Waals surface area contributed by atoms with Crippen LogP contribution in [0.2, 0.25) is 0 Å². The summed E-state index contributed by atoms with van der Waals surface area (Å²) in [6.07, 6.45) is 6.63. The van der Waals surface area contributed by atoms with Gasteiger partial charge in [0, 0.05) is 30.6 Å². The molecular formula is C17H31N3O4S2. The molecule has 2 heterocycles. The molecule has 0 aromatic rings. The molecule has 4 N–H and O–H groups in total. The van der Waals surface area contributed by atoms with E-state index in [0.717, 1.165) is 19.4 Å². The maximum atomic E-state index is 11.7. The number of carboxylic acids is 1. The normalized spacial score (nSPS) is 39.0. The number of aliphatic carboxylic acids is 1. The molecule has 0 aromatic carbocycles. The van der Waals surface area contributed by atoms with E-state index in [0.29, 0.717) is 30.6 Å². The summed E-state index contributed by atoms with van der Waals surface area (Å²) in [6, 6.07) is -0.454. The van der Waals surface area contributed by atoms with Gasteiger partial charge in [-0.15, -0.1) is 0 Å². The summed E-state index contributed by atoms with van der Waals surface area (Å²) in [6.45, 7) is 1.43. The third-order valence-electron chi connectivity index (χ3n) is 6.03. The highest BCUT2D eigenvalue weighted by Gasteiger charge is 2.39. The Morgan fingerprint density at radius 3 is 2.54 bits per heavy atom. The van der Waals surface area contributed by atoms with Gasteiger partial charge in [0.05, 0.1) is 11.4 Å². The van der Waals surface area contributed by atoms with E-state index in [1.165, 1.54) is 24.9 Å². The predicted molar refractivity (Wildman–Crippen MR) is 104 cm³/mol. The Morgan fingerprint density at radius 1 is 1.23 bits per heavy atom. The summed E-state index contributed by atoms with van der Waals surface area (Å²) < 4.78 is 23.5. The zero-order valence-corrected chi connectivity index (χ0v) is 16.9. The van der Waals surface area contributed by atoms with Crippen LogP contribution in [-0.2, 0) is 14.6 Å². The minimum absolute atomic E-state index is 0.180. The number of nitrogens with one attached hydrogen (secondary N) is 3. The highest BCUT2D eigenvalue weighted by Crippen LogP contribution is 2.31. The van der Waals surface area contributed by atoms with Gasteiger partial charge in [0.25, 0.3) is 0 Å². The van der Waals surface area contributed by atoms with Crippen molar-refractivity contribution in [3.05, 3.63) is 0 Å². The number of sulfone groups is 1. The van der Waals surface area contributed by atoms with Gasteiger partial charge in [-0.2, -0.15) is 11.8 Å². The van der Waals surface area contributed by atoms with Crippen LogP contribution in [-0.4, -0.2) is 73.3 Å². The first kappa shape index (κ1) is 20.4. The number of carboxylic acid groups (broad SMARTS) is 1. The van der Waals surface area contributed by atoms with Gasteiger partial charge in [0.1, 0.15) is 15.9 Å². The second kappa shape index (κ2) is 8.77. The van der Waals surface area contributed by atoms with Crippen LogP contribution in [0.15, 0.2) is 0 Å². The van der Waals surface area contributed by atoms with Gasteiger partial charge in [-0.25, -0.2) is 8.42 Å². The van der Waals surface area contributed by atoms with Crippen LogP contribution in [0.1, 0.15) is 38.5 Å². The average Bonchev–Trinajstić information content (AvgIpc) is 3.12. The van der Waals surface area contributed by atoms with E-state index < -0.39 is 21.8 Å². The van der Waals surface area contributed by atoms with Crippen LogP contribution < -0.4 is 16.0 Å². The fourth-order valence-corrected chi connectivity index (χ4v) is 6.79. The molecule has 2 aliphatic heterocycles. The molecule has 1 aliphatic carbocycles. The molecule has 4 unspecified atom stereocenters. The first-order valence-corrected chi connectivity index (χ1v) is 12.6. The van der Waals surface area contributed by atoms with Crippen LogP contribution >= 0.6 is 11.8 Å². The van der Waals surface area contributed by atoms with Gasteiger partial charge in [-0.1, -0.05) is 0 Å². The molecule has 150 valence electrons. The maximum absolute atomic E-state index is 11.7. The number of thioether (sulfide) groups is 1. The van der Waals surface area contributed by atoms with Gasteiger partial charge in [-0.3, -0.25) is 15.4 Å². The molecule has 0 radical (unpaired) electrons. The second-order valence-corrected chi connectivity index (χ2v) is 11.6. The van der Waals surface area contributed by atoms with E-state index in [4.69, 9.17) is 0 Å². The smallest absolute Gasteiger partial charge is 0.323 e. The molecule has 3 fully saturated rings. The number of rotatable bonds is 6. The number of carbonyl (C=O) groups is 1. The summed E-state index contributed by atoms with van der Waals surface area (Å²) >= 11 is 1.96. The Bertz CT molecular complexity index is 587. The molecule has 0 aromatic heterocycles. The van der Waals surface area contributed by atoms with Crippen molar-refractivity contribution in [2.24, 2.45) is 5.92 Å². The highest BCUT2D eigenvalue weighted by atomic mass is 32.2. The van der Waals surface area contributed by atoms with Crippen molar-refractivity contribution in [2.45, 2.75) is 67.3 Å². The lowest BCUT2D eigenvalue weighted by atomic mass is 9.82. The fraction of sp³-hybridized carbons (Fsp3) is 0.941. The Morgan fingerprint density at radius 2 is 1.96 bits per heavy atom. The molecule has 3 rings (SSSR count). The van der Waals surface area contributed by atoms with Crippen molar-refractivity contribution in [2.75, 3.05) is 25.1 Å². The van der Waals surface area contributed by atoms with Crippen LogP contribution in [0.25, 0.3) is 0 Å². The van der Waals surface area contributed by atoms with Crippen molar-refractivity contribution < 1.29 is 18.3 Å². The Balaban J connectivity index is 1.55. The van der Waals surface area contributed by atoms with Crippen molar-refractivity contribution in [3.63, 3.8) is 0 Å². The van der Waals surface area contributed by atoms with E-state index in [9.17, 15) is 18.3 Å². The van der Waals surface area contributed by atoms with Crippen LogP contribution in [0.3, 0.4) is 0 Å². The summed E-state index contributed by atoms with van der Waals surface area (Å²) in [5.74, 6) is 0.741. The van der Waals surface area contributed by atoms with Crippen LogP contribution in [0.4, 0.5) is 0 Å². The monoisotopic (exact) mass is 405 g/mol. The summed E-state index contributed by atoms with van der Waals surface area (Å²) in [5, 5.41) is 20.0. The Kier molecular flexibility index (Phi) is 6.88. The van der Waals surface area contributed by atoms with Crippen molar-refractivity contribution >= 4 is 27.6 Å². The SMILES string of the molecule is CS(=O)(=O)C1CCC(C2CNC(C(=O)O)C(NCC3CCCS3)N2)CC1. The third kappa shape index (κ3) is 5.13. The molecule has 26 heavy (non-hydrogen) atoms. The predicted octanol–water partition coefficient (Wildman–Crippen LogP) is 0.416. The Labute approximate surface area is 160 Å². The molecule has 0 spiro atoms. The summed E-state index contributed by atoms with van der Waals surface area (Å²) in [4.78, 5) is 11.6. The molecule has 2 saturated heterocycles. The van der Waals surface area contributed by atoms with Gasteiger partial charge < -0.3 is 10.4 Å². The minimum atomic E-state index is -2.96. The molecule has 0 bridgehead atoms. The first-order chi connectivity index (χ1) is 12.3. The van der Waals surface area contributed by atoms with Crippen molar-refractivity contribution in [1.29, 1.82) is 0 Å². The average molecular weight is 406 g/mol. The zero-order chi connectivity index (χ0) is 18.7. The molecule has 3 aliphatic rings. The maximum Gasteiger partial charge on any atom is 0.323 e. The summed E-state index contributed by atoms with van der Waals surface area (Å²) in [5.41, 5.74) is 0. The van der Waals surface area contributed by atoms with Gasteiger partial charge in [0.15, 0.2) is 0 Å². The molecule has 0 amide bonds. The summed E-state index contributed by atoms with van der Waals surface area (Å²) in [7, 11) is -2.96. The molecule has 4 atom stereocenters. The zero-order valence-electron chi connectivity index (χ0n) is 15.3. The first-order valence-electron chi connectivity index (χ1n) is 9.60. The lowest BCUT2D eigenvalue weighted by Crippen LogP contribution is -2.70. The molecule has 7 nitrogen and oxygen atoms in total. The molecule has 9 heteroatoms. The van der Waals surface area contributed by atoms with Gasteiger partial charge in [0.2, 0.25) is 0 Å². The van der Waals surface area contributed by atoms with Gasteiger partial charge >= 0.3 is 5.97 Å². The number of hydrogen-bond acceptors (Lipinski definition) is 7. The molecule has 1 saturated carbocycles. The van der Waals surface area contributed by atoms with Crippen molar-refractivity contribution in [1.82, 2.24) is 16.0 Å². The Hall–Kier alpha value is -0.350. The standard InChI is InChI=1S/C17H31N3O4S2/c1-26(23,24)13-6-4-11(5-7-13)14-10-18-15(17(21)22)16(20-14)19-9-12-3-2-8-25-12/h11-16,18-20H,2-10H2,1H3,(H,21,22). The quantitative estimate of drug-likeness (QED) is 0.504. The third-order valence-corrected chi connectivity index (χ3v) is 9.11. The molecular weight excluding hydrogens is 374 g/mol.